The van der Waals surface area contributed by atoms with Gasteiger partial charge in [-0.25, -0.2) is 9.78 Å². The standard InChI is InChI=1S/C17H19F3N2O3S/c1-8-6-10(4-5-21-8)25-15-9(2)12(17(18,19)20)14-13(22-15)11(7-26-14)16(23)24-3/h7-8,10,21H,4-6H2,1-3H3/t8-,10-/m1/s1. The minimum absolute atomic E-state index is 0.0153. The van der Waals surface area contributed by atoms with E-state index in [1.807, 2.05) is 6.92 Å². The van der Waals surface area contributed by atoms with Crippen LogP contribution in [0.2, 0.25) is 0 Å². The molecule has 5 nitrogen and oxygen atoms in total. The van der Waals surface area contributed by atoms with Gasteiger partial charge in [0.25, 0.3) is 0 Å². The molecule has 0 radical (unpaired) electrons. The molecule has 142 valence electrons. The number of nitrogens with zero attached hydrogens (tertiary/aromatic N) is 1. The van der Waals surface area contributed by atoms with Crippen LogP contribution in [0.3, 0.4) is 0 Å². The van der Waals surface area contributed by atoms with Gasteiger partial charge in [0.15, 0.2) is 0 Å². The summed E-state index contributed by atoms with van der Waals surface area (Å²) in [4.78, 5) is 16.2. The van der Waals surface area contributed by atoms with Gasteiger partial charge in [0.1, 0.15) is 11.6 Å². The molecule has 0 spiro atoms. The number of thiophene rings is 1. The van der Waals surface area contributed by atoms with E-state index in [9.17, 15) is 18.0 Å². The zero-order valence-electron chi connectivity index (χ0n) is 14.6. The molecule has 0 amide bonds. The lowest BCUT2D eigenvalue weighted by molar-refractivity contribution is -0.136. The maximum absolute atomic E-state index is 13.7. The molecule has 1 aliphatic heterocycles. The Bertz CT molecular complexity index is 835. The number of rotatable bonds is 3. The van der Waals surface area contributed by atoms with E-state index in [4.69, 9.17) is 4.74 Å². The number of pyridine rings is 1. The number of halogens is 3. The number of piperidine rings is 1. The second kappa shape index (κ2) is 7.03. The summed E-state index contributed by atoms with van der Waals surface area (Å²) in [6, 6.07) is 0.214. The molecular weight excluding hydrogens is 369 g/mol. The molecule has 1 saturated heterocycles. The largest absolute Gasteiger partial charge is 0.474 e. The lowest BCUT2D eigenvalue weighted by Crippen LogP contribution is -2.40. The summed E-state index contributed by atoms with van der Waals surface area (Å²) < 4.78 is 51.5. The van der Waals surface area contributed by atoms with Gasteiger partial charge in [0, 0.05) is 17.0 Å². The smallest absolute Gasteiger partial charge is 0.418 e. The molecule has 26 heavy (non-hydrogen) atoms. The summed E-state index contributed by atoms with van der Waals surface area (Å²) in [5.74, 6) is -0.797. The van der Waals surface area contributed by atoms with Crippen LogP contribution >= 0.6 is 11.3 Å². The lowest BCUT2D eigenvalue weighted by atomic mass is 10.0. The highest BCUT2D eigenvalue weighted by Gasteiger charge is 2.38. The fourth-order valence-corrected chi connectivity index (χ4v) is 4.26. The van der Waals surface area contributed by atoms with E-state index in [-0.39, 0.29) is 39.4 Å². The maximum Gasteiger partial charge on any atom is 0.418 e. The Balaban J connectivity index is 2.12. The van der Waals surface area contributed by atoms with Crippen molar-refractivity contribution in [3.63, 3.8) is 0 Å². The van der Waals surface area contributed by atoms with Gasteiger partial charge in [-0.15, -0.1) is 11.3 Å². The number of alkyl halides is 3. The maximum atomic E-state index is 13.7. The summed E-state index contributed by atoms with van der Waals surface area (Å²) in [6.45, 7) is 4.08. The van der Waals surface area contributed by atoms with E-state index in [1.54, 1.807) is 0 Å². The van der Waals surface area contributed by atoms with E-state index in [2.05, 4.69) is 15.0 Å². The van der Waals surface area contributed by atoms with Gasteiger partial charge in [-0.1, -0.05) is 0 Å². The highest BCUT2D eigenvalue weighted by Crippen LogP contribution is 2.43. The number of nitrogens with one attached hydrogen (secondary N) is 1. The van der Waals surface area contributed by atoms with Gasteiger partial charge in [-0.2, -0.15) is 13.2 Å². The average Bonchev–Trinajstić information content (AvgIpc) is 2.96. The van der Waals surface area contributed by atoms with Gasteiger partial charge in [-0.05, 0) is 33.2 Å². The van der Waals surface area contributed by atoms with E-state index in [1.165, 1.54) is 19.4 Å². The first-order chi connectivity index (χ1) is 12.2. The monoisotopic (exact) mass is 388 g/mol. The molecule has 2 aromatic rings. The quantitative estimate of drug-likeness (QED) is 0.808. The Morgan fingerprint density at radius 1 is 1.42 bits per heavy atom. The summed E-state index contributed by atoms with van der Waals surface area (Å²) >= 11 is 0.832. The van der Waals surface area contributed by atoms with Crippen molar-refractivity contribution in [2.75, 3.05) is 13.7 Å². The van der Waals surface area contributed by atoms with Gasteiger partial charge in [0.05, 0.1) is 22.9 Å². The van der Waals surface area contributed by atoms with Gasteiger partial charge in [0.2, 0.25) is 5.88 Å². The lowest BCUT2D eigenvalue weighted by Gasteiger charge is -2.29. The molecular formula is C17H19F3N2O3S. The first-order valence-corrected chi connectivity index (χ1v) is 9.07. The number of methoxy groups -OCH3 is 1. The number of carbonyl (C=O) groups is 1. The van der Waals surface area contributed by atoms with Crippen molar-refractivity contribution >= 4 is 27.5 Å². The molecule has 0 aromatic carbocycles. The van der Waals surface area contributed by atoms with Crippen molar-refractivity contribution in [1.29, 1.82) is 0 Å². The molecule has 0 saturated carbocycles. The van der Waals surface area contributed by atoms with Crippen molar-refractivity contribution < 1.29 is 27.4 Å². The van der Waals surface area contributed by atoms with Crippen LogP contribution in [0.4, 0.5) is 13.2 Å². The minimum atomic E-state index is -4.58. The molecule has 3 heterocycles. The van der Waals surface area contributed by atoms with Gasteiger partial charge < -0.3 is 14.8 Å². The Labute approximate surface area is 152 Å². The number of ether oxygens (including phenoxy) is 2. The topological polar surface area (TPSA) is 60.5 Å². The van der Waals surface area contributed by atoms with Crippen LogP contribution in [0.25, 0.3) is 10.2 Å². The van der Waals surface area contributed by atoms with Crippen LogP contribution < -0.4 is 10.1 Å². The molecule has 0 unspecified atom stereocenters. The van der Waals surface area contributed by atoms with Crippen LogP contribution in [0.15, 0.2) is 5.38 Å². The predicted molar refractivity (Wildman–Crippen MR) is 91.8 cm³/mol. The van der Waals surface area contributed by atoms with Crippen LogP contribution in [0.5, 0.6) is 5.88 Å². The first-order valence-electron chi connectivity index (χ1n) is 8.19. The third kappa shape index (κ3) is 3.50. The summed E-state index contributed by atoms with van der Waals surface area (Å²) in [5, 5.41) is 4.61. The van der Waals surface area contributed by atoms with Gasteiger partial charge in [-0.3, -0.25) is 0 Å². The number of hydrogen-bond acceptors (Lipinski definition) is 6. The summed E-state index contributed by atoms with van der Waals surface area (Å²) in [7, 11) is 1.18. The number of fused-ring (bicyclic) bond motifs is 1. The molecule has 2 aromatic heterocycles. The van der Waals surface area contributed by atoms with E-state index in [0.717, 1.165) is 17.9 Å². The predicted octanol–water partition coefficient (Wildman–Crippen LogP) is 3.93. The summed E-state index contributed by atoms with van der Waals surface area (Å²) in [5.41, 5.74) is -0.882. The molecule has 0 bridgehead atoms. The molecule has 1 aliphatic rings. The van der Waals surface area contributed by atoms with Crippen molar-refractivity contribution in [2.24, 2.45) is 0 Å². The Morgan fingerprint density at radius 2 is 2.15 bits per heavy atom. The molecule has 0 aliphatic carbocycles. The normalized spacial score (nSPS) is 21.0. The highest BCUT2D eigenvalue weighted by molar-refractivity contribution is 7.17. The molecule has 1 N–H and O–H groups in total. The first kappa shape index (κ1) is 18.9. The van der Waals surface area contributed by atoms with E-state index in [0.29, 0.717) is 12.8 Å². The van der Waals surface area contributed by atoms with Crippen LogP contribution in [0, 0.1) is 6.92 Å². The Kier molecular flexibility index (Phi) is 5.12. The van der Waals surface area contributed by atoms with Crippen LogP contribution in [-0.2, 0) is 10.9 Å². The second-order valence-corrected chi connectivity index (χ2v) is 7.23. The average molecular weight is 388 g/mol. The fraction of sp³-hybridized carbons (Fsp3) is 0.529. The Morgan fingerprint density at radius 3 is 2.77 bits per heavy atom. The minimum Gasteiger partial charge on any atom is -0.474 e. The van der Waals surface area contributed by atoms with E-state index < -0.39 is 17.7 Å². The fourth-order valence-electron chi connectivity index (χ4n) is 3.16. The number of esters is 1. The van der Waals surface area contributed by atoms with E-state index >= 15 is 0 Å². The highest BCUT2D eigenvalue weighted by atomic mass is 32.1. The molecule has 2 atom stereocenters. The van der Waals surface area contributed by atoms with Crippen LogP contribution in [-0.4, -0.2) is 36.8 Å². The van der Waals surface area contributed by atoms with Gasteiger partial charge >= 0.3 is 12.1 Å². The van der Waals surface area contributed by atoms with Crippen molar-refractivity contribution in [3.05, 3.63) is 22.1 Å². The molecule has 1 fully saturated rings. The Hall–Kier alpha value is -1.87. The zero-order chi connectivity index (χ0) is 19.1. The number of carbonyl (C=O) groups excluding carboxylic acids is 1. The third-order valence-electron chi connectivity index (χ3n) is 4.44. The van der Waals surface area contributed by atoms with Crippen molar-refractivity contribution in [1.82, 2.24) is 10.3 Å². The SMILES string of the molecule is COC(=O)c1csc2c(C(F)(F)F)c(C)c(O[C@@H]3CCN[C@H](C)C3)nc12. The van der Waals surface area contributed by atoms with Crippen molar-refractivity contribution in [3.8, 4) is 5.88 Å². The molecule has 9 heteroatoms. The second-order valence-electron chi connectivity index (χ2n) is 6.35. The van der Waals surface area contributed by atoms with Crippen LogP contribution in [0.1, 0.15) is 41.3 Å². The molecule has 3 rings (SSSR count). The number of aromatic nitrogens is 1. The zero-order valence-corrected chi connectivity index (χ0v) is 15.4. The third-order valence-corrected chi connectivity index (χ3v) is 5.43. The summed E-state index contributed by atoms with van der Waals surface area (Å²) in [6.07, 6.45) is -3.45. The number of hydrogen-bond donors (Lipinski definition) is 1. The van der Waals surface area contributed by atoms with Crippen molar-refractivity contribution in [2.45, 2.75) is 45.0 Å².